The fourth-order valence-corrected chi connectivity index (χ4v) is 4.45. The van der Waals surface area contributed by atoms with E-state index >= 15 is 0 Å². The second-order valence-corrected chi connectivity index (χ2v) is 10.1. The van der Waals surface area contributed by atoms with Crippen molar-refractivity contribution in [1.82, 2.24) is 30.9 Å². The van der Waals surface area contributed by atoms with Gasteiger partial charge in [-0.1, -0.05) is 18.2 Å². The first-order valence-corrected chi connectivity index (χ1v) is 13.7. The third-order valence-electron chi connectivity index (χ3n) is 6.66. The van der Waals surface area contributed by atoms with E-state index in [1.807, 2.05) is 24.3 Å². The molecule has 3 rings (SSSR count). The van der Waals surface area contributed by atoms with E-state index in [1.54, 1.807) is 6.20 Å². The number of nitrogens with one attached hydrogen (secondary N) is 5. The molecular weight excluding hydrogens is 574 g/mol. The lowest BCUT2D eigenvalue weighted by atomic mass is 10.0. The van der Waals surface area contributed by atoms with Gasteiger partial charge in [-0.15, -0.1) is 0 Å². The maximum Gasteiger partial charge on any atom is 0.326 e. The van der Waals surface area contributed by atoms with Crippen LogP contribution in [0.5, 0.6) is 0 Å². The van der Waals surface area contributed by atoms with Gasteiger partial charge < -0.3 is 54.0 Å². The molecule has 14 N–H and O–H groups in total. The van der Waals surface area contributed by atoms with Crippen LogP contribution in [0.15, 0.2) is 48.0 Å². The molecule has 0 bridgehead atoms. The van der Waals surface area contributed by atoms with Crippen molar-refractivity contribution in [3.8, 4) is 0 Å². The van der Waals surface area contributed by atoms with Crippen molar-refractivity contribution >= 4 is 46.5 Å². The van der Waals surface area contributed by atoms with Gasteiger partial charge in [-0.3, -0.25) is 24.2 Å². The van der Waals surface area contributed by atoms with Gasteiger partial charge >= 0.3 is 5.97 Å². The Balaban J connectivity index is 1.84. The van der Waals surface area contributed by atoms with Crippen LogP contribution in [-0.4, -0.2) is 86.3 Å². The lowest BCUT2D eigenvalue weighted by Crippen LogP contribution is -2.58. The van der Waals surface area contributed by atoms with Gasteiger partial charge in [0.05, 0.1) is 18.8 Å². The summed E-state index contributed by atoms with van der Waals surface area (Å²) < 4.78 is 0. The number of nitrogens with zero attached hydrogens (tertiary/aromatic N) is 2. The molecule has 4 amide bonds. The Bertz CT molecular complexity index is 1480. The Morgan fingerprint density at radius 1 is 0.909 bits per heavy atom. The highest BCUT2D eigenvalue weighted by Crippen LogP contribution is 2.19. The standard InChI is InChI=1S/C27H37N11O6/c28-17(10-22(29)39)23(40)37-20(8-14-11-34-18-5-2-1-4-16(14)18)25(42)36-19(6-3-7-33-27(30)31)24(41)38-21(26(43)44)9-15-12-32-13-35-15/h1-2,4-5,11-13,17,19-21,34H,3,6-10,28H2,(H2,29,39)(H,32,35)(H,36,42)(H,37,40)(H,38,41)(H,43,44)(H4,30,31,33). The van der Waals surface area contributed by atoms with Crippen molar-refractivity contribution in [2.45, 2.75) is 56.3 Å². The maximum absolute atomic E-state index is 13.7. The topological polar surface area (TPSA) is 303 Å². The number of primary amides is 1. The van der Waals surface area contributed by atoms with E-state index in [-0.39, 0.29) is 38.2 Å². The zero-order valence-corrected chi connectivity index (χ0v) is 23.8. The zero-order chi connectivity index (χ0) is 32.2. The van der Waals surface area contributed by atoms with Gasteiger partial charge in [0.25, 0.3) is 0 Å². The van der Waals surface area contributed by atoms with E-state index in [0.717, 1.165) is 10.9 Å². The lowest BCUT2D eigenvalue weighted by Gasteiger charge is -2.25. The molecule has 1 aromatic carbocycles. The van der Waals surface area contributed by atoms with Gasteiger partial charge in [0.1, 0.15) is 18.1 Å². The smallest absolute Gasteiger partial charge is 0.326 e. The SMILES string of the molecule is NC(=O)CC(N)C(=O)NC(Cc1c[nH]c2ccccc12)C(=O)NC(CCCN=C(N)N)C(=O)NC(Cc1cnc[nH]1)C(=O)O. The average molecular weight is 612 g/mol. The number of aromatic amines is 2. The molecule has 4 unspecified atom stereocenters. The molecule has 0 saturated carbocycles. The molecule has 0 radical (unpaired) electrons. The van der Waals surface area contributed by atoms with E-state index in [0.29, 0.717) is 11.3 Å². The van der Waals surface area contributed by atoms with E-state index in [1.165, 1.54) is 12.5 Å². The number of carbonyl (C=O) groups excluding carboxylic acids is 4. The van der Waals surface area contributed by atoms with Gasteiger partial charge in [0, 0.05) is 48.4 Å². The highest BCUT2D eigenvalue weighted by molar-refractivity contribution is 5.95. The number of nitrogens with two attached hydrogens (primary N) is 4. The van der Waals surface area contributed by atoms with Crippen molar-refractivity contribution in [3.63, 3.8) is 0 Å². The summed E-state index contributed by atoms with van der Waals surface area (Å²) in [5.74, 6) is -4.59. The number of carboxylic acids is 1. The normalized spacial score (nSPS) is 13.7. The molecule has 17 heteroatoms. The van der Waals surface area contributed by atoms with Crippen molar-refractivity contribution in [1.29, 1.82) is 0 Å². The van der Waals surface area contributed by atoms with Gasteiger partial charge in [-0.05, 0) is 24.5 Å². The van der Waals surface area contributed by atoms with Crippen LogP contribution in [0.25, 0.3) is 10.9 Å². The minimum Gasteiger partial charge on any atom is -0.480 e. The summed E-state index contributed by atoms with van der Waals surface area (Å²) in [6, 6.07) is 2.19. The third-order valence-corrected chi connectivity index (χ3v) is 6.66. The summed E-state index contributed by atoms with van der Waals surface area (Å²) in [6.45, 7) is 0.135. The number of para-hydroxylation sites is 1. The largest absolute Gasteiger partial charge is 0.480 e. The number of carboxylic acid groups (broad SMARTS) is 1. The van der Waals surface area contributed by atoms with Crippen LogP contribution >= 0.6 is 0 Å². The van der Waals surface area contributed by atoms with Crippen LogP contribution < -0.4 is 38.9 Å². The fourth-order valence-electron chi connectivity index (χ4n) is 4.45. The first-order valence-electron chi connectivity index (χ1n) is 13.7. The Morgan fingerprint density at radius 3 is 2.25 bits per heavy atom. The van der Waals surface area contributed by atoms with Crippen LogP contribution in [0.4, 0.5) is 0 Å². The van der Waals surface area contributed by atoms with Gasteiger partial charge in [0.2, 0.25) is 23.6 Å². The summed E-state index contributed by atoms with van der Waals surface area (Å²) in [4.78, 5) is 76.7. The van der Waals surface area contributed by atoms with Crippen molar-refractivity contribution in [2.75, 3.05) is 6.54 Å². The van der Waals surface area contributed by atoms with Crippen LogP contribution in [0.3, 0.4) is 0 Å². The highest BCUT2D eigenvalue weighted by atomic mass is 16.4. The quantitative estimate of drug-likeness (QED) is 0.0433. The molecule has 0 aliphatic carbocycles. The molecule has 0 spiro atoms. The predicted molar refractivity (Wildman–Crippen MR) is 159 cm³/mol. The Morgan fingerprint density at radius 2 is 1.59 bits per heavy atom. The number of aromatic nitrogens is 3. The molecule has 0 saturated heterocycles. The molecule has 44 heavy (non-hydrogen) atoms. The molecular formula is C27H37N11O6. The maximum atomic E-state index is 13.7. The summed E-state index contributed by atoms with van der Waals surface area (Å²) in [5, 5.41) is 18.1. The predicted octanol–water partition coefficient (Wildman–Crippen LogP) is -2.53. The van der Waals surface area contributed by atoms with Crippen molar-refractivity contribution in [3.05, 3.63) is 54.2 Å². The van der Waals surface area contributed by atoms with E-state index in [2.05, 4.69) is 35.9 Å². The minimum atomic E-state index is -1.34. The summed E-state index contributed by atoms with van der Waals surface area (Å²) in [5.41, 5.74) is 23.7. The third kappa shape index (κ3) is 9.83. The van der Waals surface area contributed by atoms with E-state index in [4.69, 9.17) is 22.9 Å². The molecule has 2 heterocycles. The number of aliphatic carboxylic acids is 1. The summed E-state index contributed by atoms with van der Waals surface area (Å²) in [6.07, 6.45) is 4.22. The van der Waals surface area contributed by atoms with Gasteiger partial charge in [-0.25, -0.2) is 9.78 Å². The number of benzene rings is 1. The van der Waals surface area contributed by atoms with Crippen molar-refractivity contribution in [2.24, 2.45) is 27.9 Å². The van der Waals surface area contributed by atoms with Crippen molar-refractivity contribution < 1.29 is 29.1 Å². The molecule has 236 valence electrons. The van der Waals surface area contributed by atoms with Crippen LogP contribution in [-0.2, 0) is 36.8 Å². The first kappa shape index (κ1) is 33.1. The number of imidazole rings is 1. The molecule has 0 aliphatic heterocycles. The lowest BCUT2D eigenvalue weighted by molar-refractivity contribution is -0.142. The molecule has 4 atom stereocenters. The highest BCUT2D eigenvalue weighted by Gasteiger charge is 2.31. The Labute approximate surface area is 251 Å². The summed E-state index contributed by atoms with van der Waals surface area (Å²) >= 11 is 0. The Kier molecular flexibility index (Phi) is 11.8. The Hall–Kier alpha value is -5.45. The zero-order valence-electron chi connectivity index (χ0n) is 23.8. The number of carbonyl (C=O) groups is 5. The van der Waals surface area contributed by atoms with Gasteiger partial charge in [-0.2, -0.15) is 0 Å². The second-order valence-electron chi connectivity index (χ2n) is 10.1. The average Bonchev–Trinajstić information content (AvgIpc) is 3.63. The number of fused-ring (bicyclic) bond motifs is 1. The monoisotopic (exact) mass is 611 g/mol. The summed E-state index contributed by atoms with van der Waals surface area (Å²) in [7, 11) is 0. The number of hydrogen-bond acceptors (Lipinski definition) is 8. The second kappa shape index (κ2) is 15.7. The van der Waals surface area contributed by atoms with Gasteiger partial charge in [0.15, 0.2) is 5.96 Å². The number of guanidine groups is 1. The molecule has 17 nitrogen and oxygen atoms in total. The first-order chi connectivity index (χ1) is 20.9. The molecule has 3 aromatic rings. The molecule has 2 aromatic heterocycles. The molecule has 0 fully saturated rings. The van der Waals surface area contributed by atoms with E-state index < -0.39 is 60.2 Å². The number of aliphatic imine (C=N–C) groups is 1. The number of amides is 4. The number of rotatable bonds is 17. The molecule has 0 aliphatic rings. The van der Waals surface area contributed by atoms with Crippen LogP contribution in [0.1, 0.15) is 30.5 Å². The minimum absolute atomic E-state index is 0.00913. The van der Waals surface area contributed by atoms with Crippen LogP contribution in [0.2, 0.25) is 0 Å². The fraction of sp³-hybridized carbons (Fsp3) is 0.370. The number of H-pyrrole nitrogens is 2. The number of hydrogen-bond donors (Lipinski definition) is 10. The van der Waals surface area contributed by atoms with Crippen LogP contribution in [0, 0.1) is 0 Å². The van der Waals surface area contributed by atoms with E-state index in [9.17, 15) is 29.1 Å².